The van der Waals surface area contributed by atoms with E-state index in [1.165, 1.54) is 19.3 Å². The minimum Gasteiger partial charge on any atom is -0.237 e. The van der Waals surface area contributed by atoms with Crippen molar-refractivity contribution >= 4 is 22.9 Å². The normalized spacial score (nSPS) is 35.8. The van der Waals surface area contributed by atoms with E-state index in [2.05, 4.69) is 45.9 Å². The van der Waals surface area contributed by atoms with Gasteiger partial charge in [-0.1, -0.05) is 25.5 Å². The third kappa shape index (κ3) is 1.43. The molecule has 2 heterocycles. The van der Waals surface area contributed by atoms with E-state index in [0.717, 1.165) is 18.0 Å². The third-order valence-electron chi connectivity index (χ3n) is 3.08. The van der Waals surface area contributed by atoms with E-state index >= 15 is 0 Å². The number of hydrogen-bond donors (Lipinski definition) is 0. The lowest BCUT2D eigenvalue weighted by Gasteiger charge is -2.29. The molecule has 0 aromatic rings. The molecule has 0 amide bonds. The summed E-state index contributed by atoms with van der Waals surface area (Å²) in [5.74, 6) is 0.762. The molecule has 1 saturated heterocycles. The van der Waals surface area contributed by atoms with Crippen molar-refractivity contribution in [2.45, 2.75) is 45.2 Å². The Kier molecular flexibility index (Phi) is 2.47. The van der Waals surface area contributed by atoms with Gasteiger partial charge < -0.3 is 0 Å². The molecule has 0 aromatic carbocycles. The quantitative estimate of drug-likeness (QED) is 0.404. The number of rotatable bonds is 1. The van der Waals surface area contributed by atoms with Gasteiger partial charge in [0.25, 0.3) is 0 Å². The van der Waals surface area contributed by atoms with Crippen LogP contribution < -0.4 is 0 Å². The highest BCUT2D eigenvalue weighted by Crippen LogP contribution is 2.39. The maximum absolute atomic E-state index is 2.52. The molecule has 0 saturated carbocycles. The molecule has 0 N–H and O–H groups in total. The van der Waals surface area contributed by atoms with Crippen molar-refractivity contribution < 1.29 is 0 Å². The van der Waals surface area contributed by atoms with Crippen LogP contribution in [0.3, 0.4) is 0 Å². The fourth-order valence-corrected chi connectivity index (χ4v) is 3.15. The zero-order chi connectivity index (χ0) is 8.72. The molecule has 2 aliphatic rings. The van der Waals surface area contributed by atoms with Gasteiger partial charge in [-0.05, 0) is 25.2 Å². The lowest BCUT2D eigenvalue weighted by atomic mass is 9.94. The van der Waals surface area contributed by atoms with Crippen LogP contribution in [-0.4, -0.2) is 15.2 Å². The van der Waals surface area contributed by atoms with Crippen LogP contribution in [0, 0.1) is 5.92 Å². The van der Waals surface area contributed by atoms with E-state index in [9.17, 15) is 0 Å². The molecule has 68 valence electrons. The maximum atomic E-state index is 2.52. The molecule has 0 aliphatic carbocycles. The van der Waals surface area contributed by atoms with Gasteiger partial charge in [0.05, 0.1) is 0 Å². The van der Waals surface area contributed by atoms with Crippen molar-refractivity contribution in [1.29, 1.82) is 0 Å². The summed E-state index contributed by atoms with van der Waals surface area (Å²) in [6.45, 7) is 4.63. The summed E-state index contributed by atoms with van der Waals surface area (Å²) in [6, 6.07) is 1.60. The predicted molar refractivity (Wildman–Crippen MR) is 60.2 cm³/mol. The van der Waals surface area contributed by atoms with Crippen LogP contribution in [0.2, 0.25) is 0 Å². The van der Waals surface area contributed by atoms with Crippen LogP contribution in [0.5, 0.6) is 0 Å². The summed E-state index contributed by atoms with van der Waals surface area (Å²) < 4.78 is 2.52. The van der Waals surface area contributed by atoms with Crippen LogP contribution in [-0.2, 0) is 0 Å². The van der Waals surface area contributed by atoms with Crippen LogP contribution in [0.25, 0.3) is 0 Å². The van der Waals surface area contributed by atoms with Gasteiger partial charge in [0.1, 0.15) is 0 Å². The number of fused-ring (bicyclic) bond motifs is 2. The van der Waals surface area contributed by atoms with Gasteiger partial charge in [0.15, 0.2) is 0 Å². The number of halogens is 1. The lowest BCUT2D eigenvalue weighted by molar-refractivity contribution is 0.390. The Bertz CT molecular complexity index is 210. The van der Waals surface area contributed by atoms with Gasteiger partial charge in [0, 0.05) is 34.9 Å². The summed E-state index contributed by atoms with van der Waals surface area (Å²) in [5.41, 5.74) is 1.69. The van der Waals surface area contributed by atoms with Crippen LogP contribution >= 0.6 is 22.9 Å². The van der Waals surface area contributed by atoms with Crippen molar-refractivity contribution in [3.63, 3.8) is 0 Å². The Labute approximate surface area is 88.7 Å². The molecule has 0 radical (unpaired) electrons. The summed E-state index contributed by atoms with van der Waals surface area (Å²) in [5, 5.41) is 0. The van der Waals surface area contributed by atoms with Crippen LogP contribution in [0.4, 0.5) is 0 Å². The Morgan fingerprint density at radius 3 is 2.83 bits per heavy atom. The highest BCUT2D eigenvalue weighted by atomic mass is 127. The van der Waals surface area contributed by atoms with Gasteiger partial charge in [-0.3, -0.25) is 0 Å². The minimum atomic E-state index is 0.752. The van der Waals surface area contributed by atoms with E-state index in [0.29, 0.717) is 0 Å². The molecular weight excluding hydrogens is 261 g/mol. The first-order valence-electron chi connectivity index (χ1n) is 4.83. The minimum absolute atomic E-state index is 0.752. The maximum Gasteiger partial charge on any atom is 0.0380 e. The second-order valence-corrected chi connectivity index (χ2v) is 5.36. The number of hydrogen-bond acceptors (Lipinski definition) is 1. The summed E-state index contributed by atoms with van der Waals surface area (Å²) in [6.07, 6.45) is 6.60. The average Bonchev–Trinajstić information content (AvgIpc) is 2.30. The highest BCUT2D eigenvalue weighted by Gasteiger charge is 2.35. The van der Waals surface area contributed by atoms with Crippen LogP contribution in [0.15, 0.2) is 11.6 Å². The summed E-state index contributed by atoms with van der Waals surface area (Å²) >= 11 is 2.49. The van der Waals surface area contributed by atoms with Gasteiger partial charge in [-0.2, -0.15) is 0 Å². The standard InChI is InChI=1S/C10H16IN/c1-7(2)8-5-9-3-4-10(6-8)12(9)11/h5,7,9-10H,3-4,6H2,1-2H3. The molecule has 2 aliphatic heterocycles. The molecule has 2 atom stereocenters. The Hall–Kier alpha value is 0.430. The van der Waals surface area contributed by atoms with E-state index in [4.69, 9.17) is 0 Å². The summed E-state index contributed by atoms with van der Waals surface area (Å²) in [4.78, 5) is 0. The molecular formula is C10H16IN. The monoisotopic (exact) mass is 277 g/mol. The zero-order valence-corrected chi connectivity index (χ0v) is 9.91. The summed E-state index contributed by atoms with van der Waals surface area (Å²) in [7, 11) is 0. The van der Waals surface area contributed by atoms with Crippen molar-refractivity contribution in [1.82, 2.24) is 3.11 Å². The van der Waals surface area contributed by atoms with E-state index in [1.807, 2.05) is 0 Å². The molecule has 12 heavy (non-hydrogen) atoms. The van der Waals surface area contributed by atoms with Gasteiger partial charge in [-0.15, -0.1) is 0 Å². The second-order valence-electron chi connectivity index (χ2n) is 4.24. The first-order chi connectivity index (χ1) is 5.68. The van der Waals surface area contributed by atoms with E-state index in [1.54, 1.807) is 5.57 Å². The van der Waals surface area contributed by atoms with E-state index in [-0.39, 0.29) is 0 Å². The Balaban J connectivity index is 2.18. The fraction of sp³-hybridized carbons (Fsp3) is 0.800. The average molecular weight is 277 g/mol. The van der Waals surface area contributed by atoms with Gasteiger partial charge in [-0.25, -0.2) is 3.11 Å². The lowest BCUT2D eigenvalue weighted by Crippen LogP contribution is -2.30. The van der Waals surface area contributed by atoms with Gasteiger partial charge >= 0.3 is 0 Å². The molecule has 2 unspecified atom stereocenters. The van der Waals surface area contributed by atoms with Crippen molar-refractivity contribution in [3.05, 3.63) is 11.6 Å². The molecule has 0 aromatic heterocycles. The van der Waals surface area contributed by atoms with Crippen molar-refractivity contribution in [3.8, 4) is 0 Å². The molecule has 2 bridgehead atoms. The van der Waals surface area contributed by atoms with Crippen LogP contribution in [0.1, 0.15) is 33.1 Å². The molecule has 0 spiro atoms. The smallest absolute Gasteiger partial charge is 0.0380 e. The first kappa shape index (κ1) is 9.00. The number of nitrogens with zero attached hydrogens (tertiary/aromatic N) is 1. The third-order valence-corrected chi connectivity index (χ3v) is 4.58. The van der Waals surface area contributed by atoms with E-state index < -0.39 is 0 Å². The Morgan fingerprint density at radius 2 is 2.25 bits per heavy atom. The highest BCUT2D eigenvalue weighted by molar-refractivity contribution is 14.1. The first-order valence-corrected chi connectivity index (χ1v) is 5.79. The molecule has 1 fully saturated rings. The van der Waals surface area contributed by atoms with Gasteiger partial charge in [0.2, 0.25) is 0 Å². The second kappa shape index (κ2) is 3.29. The zero-order valence-electron chi connectivity index (χ0n) is 7.76. The predicted octanol–water partition coefficient (Wildman–Crippen LogP) is 3.16. The molecule has 2 heteroatoms. The topological polar surface area (TPSA) is 3.24 Å². The van der Waals surface area contributed by atoms with Crippen molar-refractivity contribution in [2.24, 2.45) is 5.92 Å². The largest absolute Gasteiger partial charge is 0.237 e. The van der Waals surface area contributed by atoms with Crippen molar-refractivity contribution in [2.75, 3.05) is 0 Å². The Morgan fingerprint density at radius 1 is 1.50 bits per heavy atom. The SMILES string of the molecule is CC(C)C1=CC2CCC(C1)N2I. The fourth-order valence-electron chi connectivity index (χ4n) is 2.24. The molecule has 2 rings (SSSR count). The molecule has 1 nitrogen and oxygen atoms in total.